The van der Waals surface area contributed by atoms with E-state index in [9.17, 15) is 4.79 Å². The summed E-state index contributed by atoms with van der Waals surface area (Å²) in [6.45, 7) is 3.13. The van der Waals surface area contributed by atoms with Gasteiger partial charge in [0.25, 0.3) is 5.91 Å². The number of hydrogen-bond donors (Lipinski definition) is 2. The van der Waals surface area contributed by atoms with Crippen LogP contribution in [0, 0.1) is 0 Å². The smallest absolute Gasteiger partial charge is 0.272 e. The average Bonchev–Trinajstić information content (AvgIpc) is 3.00. The van der Waals surface area contributed by atoms with Crippen molar-refractivity contribution in [2.24, 2.45) is 0 Å². The molecule has 0 spiro atoms. The van der Waals surface area contributed by atoms with Gasteiger partial charge >= 0.3 is 0 Å². The molecule has 0 radical (unpaired) electrons. The number of nitrogens with one attached hydrogen (secondary N) is 2. The van der Waals surface area contributed by atoms with Gasteiger partial charge in [-0.1, -0.05) is 18.2 Å². The molecular formula is C16H20N4O. The van der Waals surface area contributed by atoms with Crippen LogP contribution in [0.25, 0.3) is 5.69 Å². The average molecular weight is 284 g/mol. The first-order chi connectivity index (χ1) is 10.2. The number of aromatic nitrogens is 2. The fourth-order valence-corrected chi connectivity index (χ4v) is 2.65. The van der Waals surface area contributed by atoms with Gasteiger partial charge in [-0.3, -0.25) is 4.79 Å². The van der Waals surface area contributed by atoms with Crippen LogP contribution in [0.1, 0.15) is 30.3 Å². The molecule has 21 heavy (non-hydrogen) atoms. The van der Waals surface area contributed by atoms with Gasteiger partial charge in [0, 0.05) is 18.3 Å². The molecule has 0 aliphatic carbocycles. The van der Waals surface area contributed by atoms with E-state index in [1.165, 1.54) is 0 Å². The van der Waals surface area contributed by atoms with E-state index >= 15 is 0 Å². The van der Waals surface area contributed by atoms with Crippen LogP contribution < -0.4 is 10.6 Å². The molecule has 1 saturated heterocycles. The Balaban J connectivity index is 1.69. The first-order valence-corrected chi connectivity index (χ1v) is 7.39. The molecule has 2 aromatic rings. The molecule has 1 aromatic heterocycles. The summed E-state index contributed by atoms with van der Waals surface area (Å²) in [7, 11) is 0. The summed E-state index contributed by atoms with van der Waals surface area (Å²) in [6.07, 6.45) is 3.92. The predicted octanol–water partition coefficient (Wildman–Crippen LogP) is 1.74. The Hall–Kier alpha value is -2.14. The minimum Gasteiger partial charge on any atom is -0.346 e. The maximum absolute atomic E-state index is 12.3. The van der Waals surface area contributed by atoms with E-state index in [-0.39, 0.29) is 11.9 Å². The van der Waals surface area contributed by atoms with Gasteiger partial charge in [0.1, 0.15) is 0 Å². The summed E-state index contributed by atoms with van der Waals surface area (Å²) in [4.78, 5) is 12.3. The van der Waals surface area contributed by atoms with E-state index in [0.29, 0.717) is 11.7 Å². The molecule has 5 nitrogen and oxygen atoms in total. The fraction of sp³-hybridized carbons (Fsp3) is 0.375. The molecule has 2 unspecified atom stereocenters. The molecular weight excluding hydrogens is 264 g/mol. The summed E-state index contributed by atoms with van der Waals surface area (Å²) in [6, 6.07) is 12.0. The van der Waals surface area contributed by atoms with E-state index in [4.69, 9.17) is 0 Å². The summed E-state index contributed by atoms with van der Waals surface area (Å²) in [5.74, 6) is -0.106. The molecule has 1 amide bonds. The highest BCUT2D eigenvalue weighted by atomic mass is 16.2. The highest BCUT2D eigenvalue weighted by Gasteiger charge is 2.23. The number of rotatable bonds is 3. The van der Waals surface area contributed by atoms with Crippen LogP contribution in [0.5, 0.6) is 0 Å². The summed E-state index contributed by atoms with van der Waals surface area (Å²) < 4.78 is 1.72. The Morgan fingerprint density at radius 2 is 2.14 bits per heavy atom. The van der Waals surface area contributed by atoms with Crippen molar-refractivity contribution < 1.29 is 4.79 Å². The van der Waals surface area contributed by atoms with Crippen molar-refractivity contribution in [2.45, 2.75) is 31.8 Å². The molecule has 3 rings (SSSR count). The van der Waals surface area contributed by atoms with Crippen molar-refractivity contribution in [3.63, 3.8) is 0 Å². The van der Waals surface area contributed by atoms with Crippen LogP contribution in [0.15, 0.2) is 42.6 Å². The first kappa shape index (κ1) is 13.8. The molecule has 110 valence electrons. The molecule has 2 atom stereocenters. The highest BCUT2D eigenvalue weighted by Crippen LogP contribution is 2.10. The van der Waals surface area contributed by atoms with E-state index in [1.54, 1.807) is 10.7 Å². The van der Waals surface area contributed by atoms with Gasteiger partial charge < -0.3 is 10.6 Å². The summed E-state index contributed by atoms with van der Waals surface area (Å²) >= 11 is 0. The van der Waals surface area contributed by atoms with Crippen LogP contribution in [0.3, 0.4) is 0 Å². The third-order valence-corrected chi connectivity index (χ3v) is 3.92. The van der Waals surface area contributed by atoms with Gasteiger partial charge in [-0.25, -0.2) is 4.68 Å². The highest BCUT2D eigenvalue weighted by molar-refractivity contribution is 5.92. The van der Waals surface area contributed by atoms with Gasteiger partial charge in [0.05, 0.1) is 5.69 Å². The number of para-hydroxylation sites is 1. The topological polar surface area (TPSA) is 58.9 Å². The van der Waals surface area contributed by atoms with E-state index < -0.39 is 0 Å². The maximum atomic E-state index is 12.3. The van der Waals surface area contributed by atoms with Crippen LogP contribution in [0.2, 0.25) is 0 Å². The second-order valence-electron chi connectivity index (χ2n) is 5.45. The number of carbonyl (C=O) groups excluding carboxylic acids is 1. The lowest BCUT2D eigenvalue weighted by atomic mass is 10.00. The number of amides is 1. The number of piperidine rings is 1. The lowest BCUT2D eigenvalue weighted by Crippen LogP contribution is -2.52. The van der Waals surface area contributed by atoms with E-state index in [0.717, 1.165) is 25.1 Å². The molecule has 1 aliphatic heterocycles. The normalized spacial score (nSPS) is 22.0. The summed E-state index contributed by atoms with van der Waals surface area (Å²) in [5.41, 5.74) is 1.40. The SMILES string of the molecule is CC1NCCCC1NC(=O)c1ccn(-c2ccccc2)n1. The van der Waals surface area contributed by atoms with Crippen molar-refractivity contribution in [2.75, 3.05) is 6.54 Å². The molecule has 0 bridgehead atoms. The van der Waals surface area contributed by atoms with Gasteiger partial charge in [0.2, 0.25) is 0 Å². The van der Waals surface area contributed by atoms with Gasteiger partial charge in [-0.15, -0.1) is 0 Å². The standard InChI is InChI=1S/C16H20N4O/c1-12-14(8-5-10-17-12)18-16(21)15-9-11-20(19-15)13-6-3-2-4-7-13/h2-4,6-7,9,11-12,14,17H,5,8,10H2,1H3,(H,18,21). The van der Waals surface area contributed by atoms with Crippen molar-refractivity contribution in [3.8, 4) is 5.69 Å². The zero-order valence-electron chi connectivity index (χ0n) is 12.1. The Bertz CT molecular complexity index is 608. The molecule has 0 saturated carbocycles. The van der Waals surface area contributed by atoms with E-state index in [2.05, 4.69) is 22.7 Å². The Morgan fingerprint density at radius 1 is 1.33 bits per heavy atom. The van der Waals surface area contributed by atoms with Crippen molar-refractivity contribution >= 4 is 5.91 Å². The van der Waals surface area contributed by atoms with Crippen molar-refractivity contribution in [1.29, 1.82) is 0 Å². The van der Waals surface area contributed by atoms with Gasteiger partial charge in [-0.05, 0) is 44.5 Å². The lowest BCUT2D eigenvalue weighted by molar-refractivity contribution is 0.0914. The number of carbonyl (C=O) groups is 1. The number of nitrogens with zero attached hydrogens (tertiary/aromatic N) is 2. The fourth-order valence-electron chi connectivity index (χ4n) is 2.65. The quantitative estimate of drug-likeness (QED) is 0.902. The number of hydrogen-bond acceptors (Lipinski definition) is 3. The van der Waals surface area contributed by atoms with Crippen LogP contribution in [0.4, 0.5) is 0 Å². The van der Waals surface area contributed by atoms with E-state index in [1.807, 2.05) is 36.5 Å². The minimum absolute atomic E-state index is 0.106. The summed E-state index contributed by atoms with van der Waals surface area (Å²) in [5, 5.41) is 10.8. The maximum Gasteiger partial charge on any atom is 0.272 e. The third kappa shape index (κ3) is 3.13. The largest absolute Gasteiger partial charge is 0.346 e. The van der Waals surface area contributed by atoms with Crippen molar-refractivity contribution in [1.82, 2.24) is 20.4 Å². The Labute approximate surface area is 124 Å². The van der Waals surface area contributed by atoms with Gasteiger partial charge in [-0.2, -0.15) is 5.10 Å². The predicted molar refractivity (Wildman–Crippen MR) is 81.5 cm³/mol. The second kappa shape index (κ2) is 6.10. The van der Waals surface area contributed by atoms with Crippen LogP contribution >= 0.6 is 0 Å². The first-order valence-electron chi connectivity index (χ1n) is 7.39. The Kier molecular flexibility index (Phi) is 4.01. The Morgan fingerprint density at radius 3 is 2.90 bits per heavy atom. The minimum atomic E-state index is -0.106. The second-order valence-corrected chi connectivity index (χ2v) is 5.45. The number of benzene rings is 1. The third-order valence-electron chi connectivity index (χ3n) is 3.92. The molecule has 2 N–H and O–H groups in total. The molecule has 2 heterocycles. The monoisotopic (exact) mass is 284 g/mol. The molecule has 1 fully saturated rings. The molecule has 1 aromatic carbocycles. The molecule has 5 heteroatoms. The molecule has 1 aliphatic rings. The van der Waals surface area contributed by atoms with Crippen LogP contribution in [-0.2, 0) is 0 Å². The zero-order valence-corrected chi connectivity index (χ0v) is 12.1. The van der Waals surface area contributed by atoms with Gasteiger partial charge in [0.15, 0.2) is 5.69 Å². The zero-order chi connectivity index (χ0) is 14.7. The van der Waals surface area contributed by atoms with Crippen LogP contribution in [-0.4, -0.2) is 34.3 Å². The lowest BCUT2D eigenvalue weighted by Gasteiger charge is -2.30. The van der Waals surface area contributed by atoms with Crippen molar-refractivity contribution in [3.05, 3.63) is 48.3 Å².